The smallest absolute Gasteiger partial charge is 0.383 e. The Balaban J connectivity index is 1.24. The topological polar surface area (TPSA) is 98.3 Å². The zero-order valence-corrected chi connectivity index (χ0v) is 20.1. The molecule has 3 aliphatic rings. The number of alkyl halides is 3. The molecule has 1 saturated carbocycles. The van der Waals surface area contributed by atoms with Crippen LogP contribution in [0.4, 0.5) is 23.8 Å². The Labute approximate surface area is 211 Å². The molecule has 37 heavy (non-hydrogen) atoms. The number of nitrogens with zero attached hydrogens (tertiary/aromatic N) is 4. The zero-order valence-electron chi connectivity index (χ0n) is 20.1. The van der Waals surface area contributed by atoms with Gasteiger partial charge in [-0.15, -0.1) is 0 Å². The molecular weight excluding hydrogens is 485 g/mol. The number of nitrogen functional groups attached to an aromatic ring is 1. The fourth-order valence-corrected chi connectivity index (χ4v) is 5.68. The Morgan fingerprint density at radius 3 is 2.59 bits per heavy atom. The first-order chi connectivity index (χ1) is 17.7. The molecule has 3 aromatic rings. The number of rotatable bonds is 3. The fraction of sp³-hybridized carbons (Fsp3) is 0.423. The number of carbonyl (C=O) groups is 1. The summed E-state index contributed by atoms with van der Waals surface area (Å²) in [6, 6.07) is 12.6. The van der Waals surface area contributed by atoms with E-state index in [1.165, 1.54) is 6.20 Å². The number of halogens is 3. The summed E-state index contributed by atoms with van der Waals surface area (Å²) in [7, 11) is 0. The SMILES string of the molecule is Nc1ncc(-c2cc3n(n2)CCO[C@@]32CCN(C(=O)NC3(c4ccccc4)CCC3)C2)cc1C(F)(F)F. The van der Waals surface area contributed by atoms with Gasteiger partial charge in [-0.3, -0.25) is 4.68 Å². The Bertz CT molecular complexity index is 1340. The predicted molar refractivity (Wildman–Crippen MR) is 129 cm³/mol. The lowest BCUT2D eigenvalue weighted by atomic mass is 9.72. The van der Waals surface area contributed by atoms with Crippen molar-refractivity contribution >= 4 is 11.8 Å². The van der Waals surface area contributed by atoms with Crippen LogP contribution in [-0.4, -0.2) is 45.4 Å². The predicted octanol–water partition coefficient (Wildman–Crippen LogP) is 4.27. The minimum Gasteiger partial charge on any atom is -0.383 e. The van der Waals surface area contributed by atoms with Gasteiger partial charge in [0, 0.05) is 24.7 Å². The number of likely N-dealkylation sites (tertiary alicyclic amines) is 1. The van der Waals surface area contributed by atoms with Crippen LogP contribution in [0, 0.1) is 0 Å². The van der Waals surface area contributed by atoms with Crippen LogP contribution in [0.3, 0.4) is 0 Å². The number of pyridine rings is 1. The number of benzene rings is 1. The van der Waals surface area contributed by atoms with Crippen molar-refractivity contribution in [2.45, 2.75) is 49.5 Å². The summed E-state index contributed by atoms with van der Waals surface area (Å²) in [6.07, 6.45) is 0.0852. The highest BCUT2D eigenvalue weighted by Gasteiger charge is 2.48. The summed E-state index contributed by atoms with van der Waals surface area (Å²) in [6.45, 7) is 1.70. The molecule has 1 aromatic carbocycles. The minimum absolute atomic E-state index is 0.140. The highest BCUT2D eigenvalue weighted by Crippen LogP contribution is 2.43. The van der Waals surface area contributed by atoms with E-state index in [0.29, 0.717) is 38.4 Å². The second-order valence-corrected chi connectivity index (χ2v) is 10.0. The first-order valence-corrected chi connectivity index (χ1v) is 12.4. The molecule has 3 N–H and O–H groups in total. The monoisotopic (exact) mass is 512 g/mol. The number of amides is 2. The standard InChI is InChI=1S/C26H27F3N6O2/c27-26(28,29)19-13-17(15-31-22(19)30)20-14-21-25(37-12-11-35(21)33-20)9-10-34(16-25)23(36)32-24(7-4-8-24)18-5-2-1-3-6-18/h1-3,5-6,13-15H,4,7-12,16H2,(H2,30,31)(H,32,36)/t25-/m1/s1. The van der Waals surface area contributed by atoms with Gasteiger partial charge in [0.2, 0.25) is 0 Å². The summed E-state index contributed by atoms with van der Waals surface area (Å²) in [5, 5.41) is 7.83. The largest absolute Gasteiger partial charge is 0.419 e. The van der Waals surface area contributed by atoms with Gasteiger partial charge in [-0.2, -0.15) is 18.3 Å². The molecule has 0 radical (unpaired) electrons. The van der Waals surface area contributed by atoms with Crippen LogP contribution < -0.4 is 11.1 Å². The summed E-state index contributed by atoms with van der Waals surface area (Å²) in [5.74, 6) is -0.572. The first-order valence-electron chi connectivity index (χ1n) is 12.4. The van der Waals surface area contributed by atoms with Crippen molar-refractivity contribution in [2.24, 2.45) is 0 Å². The highest BCUT2D eigenvalue weighted by atomic mass is 19.4. The van der Waals surface area contributed by atoms with Crippen LogP contribution in [0.25, 0.3) is 11.3 Å². The molecule has 2 fully saturated rings. The summed E-state index contributed by atoms with van der Waals surface area (Å²) in [5.41, 5.74) is 5.79. The molecule has 1 aliphatic carbocycles. The average Bonchev–Trinajstić information content (AvgIpc) is 3.48. The number of anilines is 1. The molecular formula is C26H27F3N6O2. The lowest BCUT2D eigenvalue weighted by Crippen LogP contribution is -2.55. The second-order valence-electron chi connectivity index (χ2n) is 10.0. The van der Waals surface area contributed by atoms with Gasteiger partial charge in [-0.25, -0.2) is 9.78 Å². The van der Waals surface area contributed by atoms with E-state index in [2.05, 4.69) is 15.4 Å². The normalized spacial score (nSPS) is 22.5. The number of hydrogen-bond donors (Lipinski definition) is 2. The zero-order chi connectivity index (χ0) is 25.8. The van der Waals surface area contributed by atoms with Gasteiger partial charge in [0.05, 0.1) is 42.2 Å². The third-order valence-corrected chi connectivity index (χ3v) is 7.85. The fourth-order valence-electron chi connectivity index (χ4n) is 5.68. The molecule has 6 rings (SSSR count). The number of nitrogens with one attached hydrogen (secondary N) is 1. The summed E-state index contributed by atoms with van der Waals surface area (Å²) in [4.78, 5) is 18.9. The van der Waals surface area contributed by atoms with E-state index in [1.807, 2.05) is 30.3 Å². The number of urea groups is 1. The Morgan fingerprint density at radius 1 is 1.11 bits per heavy atom. The van der Waals surface area contributed by atoms with E-state index in [1.54, 1.807) is 15.6 Å². The van der Waals surface area contributed by atoms with Crippen molar-refractivity contribution in [3.8, 4) is 11.3 Å². The van der Waals surface area contributed by atoms with Crippen molar-refractivity contribution < 1.29 is 22.7 Å². The van der Waals surface area contributed by atoms with Gasteiger partial charge in [0.15, 0.2) is 0 Å². The molecule has 1 atom stereocenters. The van der Waals surface area contributed by atoms with Crippen LogP contribution in [0.1, 0.15) is 42.5 Å². The first kappa shape index (κ1) is 23.8. The van der Waals surface area contributed by atoms with E-state index in [9.17, 15) is 18.0 Å². The maximum Gasteiger partial charge on any atom is 0.419 e. The van der Waals surface area contributed by atoms with Gasteiger partial charge in [0.25, 0.3) is 0 Å². The van der Waals surface area contributed by atoms with E-state index in [4.69, 9.17) is 10.5 Å². The summed E-state index contributed by atoms with van der Waals surface area (Å²) < 4.78 is 48.1. The van der Waals surface area contributed by atoms with E-state index < -0.39 is 23.2 Å². The van der Waals surface area contributed by atoms with Crippen molar-refractivity contribution in [1.29, 1.82) is 0 Å². The number of fused-ring (bicyclic) bond motifs is 2. The lowest BCUT2D eigenvalue weighted by Gasteiger charge is -2.44. The average molecular weight is 513 g/mol. The highest BCUT2D eigenvalue weighted by molar-refractivity contribution is 5.76. The number of aromatic nitrogens is 3. The van der Waals surface area contributed by atoms with Crippen LogP contribution >= 0.6 is 0 Å². The Morgan fingerprint density at radius 2 is 1.89 bits per heavy atom. The third kappa shape index (κ3) is 4.01. The quantitative estimate of drug-likeness (QED) is 0.546. The van der Waals surface area contributed by atoms with Crippen LogP contribution in [0.5, 0.6) is 0 Å². The molecule has 1 saturated heterocycles. The lowest BCUT2D eigenvalue weighted by molar-refractivity contribution is -0.137. The maximum absolute atomic E-state index is 13.4. The van der Waals surface area contributed by atoms with E-state index >= 15 is 0 Å². The molecule has 0 unspecified atom stereocenters. The van der Waals surface area contributed by atoms with Crippen molar-refractivity contribution in [3.05, 3.63) is 65.5 Å². The van der Waals surface area contributed by atoms with Crippen LogP contribution in [-0.2, 0) is 28.6 Å². The van der Waals surface area contributed by atoms with Gasteiger partial charge < -0.3 is 20.7 Å². The Hall–Kier alpha value is -3.60. The number of ether oxygens (including phenoxy) is 1. The molecule has 0 bridgehead atoms. The molecule has 8 nitrogen and oxygen atoms in total. The third-order valence-electron chi connectivity index (χ3n) is 7.85. The number of carbonyl (C=O) groups excluding carboxylic acids is 1. The van der Waals surface area contributed by atoms with Gasteiger partial charge in [-0.1, -0.05) is 30.3 Å². The molecule has 1 spiro atoms. The van der Waals surface area contributed by atoms with Crippen LogP contribution in [0.15, 0.2) is 48.7 Å². The maximum atomic E-state index is 13.4. The Kier molecular flexibility index (Phi) is 5.45. The molecule has 2 amide bonds. The van der Waals surface area contributed by atoms with E-state index in [-0.39, 0.29) is 17.1 Å². The van der Waals surface area contributed by atoms with Crippen molar-refractivity contribution in [3.63, 3.8) is 0 Å². The van der Waals surface area contributed by atoms with Gasteiger partial charge >= 0.3 is 12.2 Å². The minimum atomic E-state index is -4.62. The number of nitrogens with two attached hydrogens (primary N) is 1. The van der Waals surface area contributed by atoms with E-state index in [0.717, 1.165) is 36.6 Å². The number of hydrogen-bond acceptors (Lipinski definition) is 5. The molecule has 2 aliphatic heterocycles. The second kappa shape index (κ2) is 8.47. The summed E-state index contributed by atoms with van der Waals surface area (Å²) >= 11 is 0. The van der Waals surface area contributed by atoms with Gasteiger partial charge in [0.1, 0.15) is 11.4 Å². The van der Waals surface area contributed by atoms with Crippen molar-refractivity contribution in [2.75, 3.05) is 25.4 Å². The molecule has 11 heteroatoms. The molecule has 2 aromatic heterocycles. The van der Waals surface area contributed by atoms with Crippen LogP contribution in [0.2, 0.25) is 0 Å². The van der Waals surface area contributed by atoms with Crippen molar-refractivity contribution in [1.82, 2.24) is 25.0 Å². The molecule has 194 valence electrons. The van der Waals surface area contributed by atoms with Gasteiger partial charge in [-0.05, 0) is 37.0 Å². The molecule has 4 heterocycles.